The first-order chi connectivity index (χ1) is 33.1. The van der Waals surface area contributed by atoms with Gasteiger partial charge in [-0.25, -0.2) is 0 Å². The van der Waals surface area contributed by atoms with Crippen LogP contribution in [0, 0.1) is 29.6 Å². The Balaban J connectivity index is 1.29. The van der Waals surface area contributed by atoms with E-state index < -0.39 is 0 Å². The monoisotopic (exact) mass is 853 g/mol. The average molecular weight is 854 g/mol. The van der Waals surface area contributed by atoms with Crippen LogP contribution >= 0.6 is 0 Å². The number of aromatic nitrogens is 3. The summed E-state index contributed by atoms with van der Waals surface area (Å²) in [5, 5.41) is 34.9. The Kier molecular flexibility index (Phi) is 7.64. The van der Waals surface area contributed by atoms with E-state index in [1.165, 1.54) is 0 Å². The summed E-state index contributed by atoms with van der Waals surface area (Å²) >= 11 is 0. The fourth-order valence-electron chi connectivity index (χ4n) is 11.1. The van der Waals surface area contributed by atoms with E-state index in [9.17, 15) is 10.5 Å². The number of benzene rings is 10. The molecule has 0 radical (unpaired) electrons. The third-order valence-corrected chi connectivity index (χ3v) is 13.9. The minimum absolute atomic E-state index is 0.375. The molecule has 0 fully saturated rings. The predicted molar refractivity (Wildman–Crippen MR) is 274 cm³/mol. The highest BCUT2D eigenvalue weighted by molar-refractivity contribution is 6.20. The molecule has 310 valence electrons. The minimum atomic E-state index is 0.375. The van der Waals surface area contributed by atoms with E-state index in [1.807, 2.05) is 18.2 Å². The largest absolute Gasteiger partial charge is 0.456 e. The number of rotatable bonds is 4. The Bertz CT molecular complexity index is 4280. The maximum absolute atomic E-state index is 12.2. The van der Waals surface area contributed by atoms with Gasteiger partial charge in [-0.2, -0.15) is 10.5 Å². The van der Waals surface area contributed by atoms with Gasteiger partial charge in [-0.05, 0) is 71.8 Å². The van der Waals surface area contributed by atoms with Crippen LogP contribution in [0.3, 0.4) is 0 Å². The van der Waals surface area contributed by atoms with Crippen molar-refractivity contribution in [1.82, 2.24) is 13.7 Å². The van der Waals surface area contributed by atoms with Gasteiger partial charge in [0, 0.05) is 54.7 Å². The standard InChI is InChI=1S/C61H35N5O/c1-36-26-28-37(29-27-36)58-60(64-50-21-9-4-16-40(50)41-17-5-10-22-51(41)64)48(34-62)59(49(35-63)61(58)65-52-23-11-6-18-42(52)43-19-7-12-24-53(43)65)66-54-31-39-15-3-2-14-38(39)30-45(54)46-32-47-44-20-8-13-25-56(44)67-57(47)33-55(46)66/h2-33H,1H3. The lowest BCUT2D eigenvalue weighted by atomic mass is 9.91. The normalized spacial score (nSPS) is 11.9. The molecule has 14 rings (SSSR count). The number of aryl methyl sites for hydroxylation is 1. The van der Waals surface area contributed by atoms with Crippen LogP contribution in [0.2, 0.25) is 0 Å². The van der Waals surface area contributed by atoms with Crippen molar-refractivity contribution in [1.29, 1.82) is 10.5 Å². The second-order valence-corrected chi connectivity index (χ2v) is 17.5. The molecule has 0 N–H and O–H groups in total. The van der Waals surface area contributed by atoms with E-state index in [0.29, 0.717) is 28.2 Å². The molecule has 0 saturated carbocycles. The summed E-state index contributed by atoms with van der Waals surface area (Å²) in [7, 11) is 0. The number of nitriles is 2. The van der Waals surface area contributed by atoms with Crippen LogP contribution in [-0.4, -0.2) is 13.7 Å². The summed E-state index contributed by atoms with van der Waals surface area (Å²) in [6.45, 7) is 2.08. The third kappa shape index (κ3) is 5.07. The van der Waals surface area contributed by atoms with Crippen LogP contribution in [0.1, 0.15) is 16.7 Å². The molecule has 6 nitrogen and oxygen atoms in total. The molecule has 6 heteroatoms. The molecule has 14 aromatic rings. The molecule has 0 amide bonds. The molecule has 0 saturated heterocycles. The van der Waals surface area contributed by atoms with E-state index >= 15 is 0 Å². The number of fused-ring (bicyclic) bond motifs is 13. The Labute approximate surface area is 383 Å². The summed E-state index contributed by atoms with van der Waals surface area (Å²) < 4.78 is 13.3. The van der Waals surface area contributed by atoms with Crippen molar-refractivity contribution in [3.05, 3.63) is 211 Å². The van der Waals surface area contributed by atoms with Crippen LogP contribution < -0.4 is 0 Å². The van der Waals surface area contributed by atoms with Crippen LogP contribution in [0.4, 0.5) is 0 Å². The topological polar surface area (TPSA) is 75.5 Å². The smallest absolute Gasteiger partial charge is 0.137 e. The Morgan fingerprint density at radius 2 is 0.791 bits per heavy atom. The molecule has 67 heavy (non-hydrogen) atoms. The number of para-hydroxylation sites is 5. The maximum Gasteiger partial charge on any atom is 0.137 e. The molecule has 0 aliphatic heterocycles. The molecule has 4 aromatic heterocycles. The van der Waals surface area contributed by atoms with Crippen molar-refractivity contribution in [2.24, 2.45) is 0 Å². The van der Waals surface area contributed by atoms with E-state index in [2.05, 4.69) is 209 Å². The summed E-state index contributed by atoms with van der Waals surface area (Å²) in [6, 6.07) is 73.1. The predicted octanol–water partition coefficient (Wildman–Crippen LogP) is 15.7. The Hall–Kier alpha value is -9.36. The number of hydrogen-bond acceptors (Lipinski definition) is 3. The van der Waals surface area contributed by atoms with Crippen molar-refractivity contribution < 1.29 is 4.42 Å². The lowest BCUT2D eigenvalue weighted by Gasteiger charge is -2.26. The van der Waals surface area contributed by atoms with Gasteiger partial charge in [0.25, 0.3) is 0 Å². The van der Waals surface area contributed by atoms with Crippen molar-refractivity contribution in [3.63, 3.8) is 0 Å². The number of furan rings is 1. The van der Waals surface area contributed by atoms with Gasteiger partial charge < -0.3 is 18.1 Å². The van der Waals surface area contributed by atoms with Crippen molar-refractivity contribution in [2.75, 3.05) is 0 Å². The highest BCUT2D eigenvalue weighted by atomic mass is 16.3. The van der Waals surface area contributed by atoms with E-state index in [4.69, 9.17) is 4.42 Å². The molecule has 0 aliphatic carbocycles. The van der Waals surface area contributed by atoms with Gasteiger partial charge >= 0.3 is 0 Å². The minimum Gasteiger partial charge on any atom is -0.456 e. The van der Waals surface area contributed by atoms with Crippen molar-refractivity contribution in [3.8, 4) is 40.3 Å². The number of nitrogens with zero attached hydrogens (tertiary/aromatic N) is 5. The Morgan fingerprint density at radius 3 is 1.33 bits per heavy atom. The zero-order valence-electron chi connectivity index (χ0n) is 36.1. The average Bonchev–Trinajstić information content (AvgIpc) is 4.10. The molecule has 0 unspecified atom stereocenters. The molecular weight excluding hydrogens is 819 g/mol. The third-order valence-electron chi connectivity index (χ3n) is 13.9. The number of hydrogen-bond donors (Lipinski definition) is 0. The SMILES string of the molecule is Cc1ccc(-c2c(-n3c4ccccc4c4ccccc43)c(C#N)c(-n3c4cc5ccccc5cc4c4cc5c(cc43)oc3ccccc35)c(C#N)c2-n2c3ccccc3c3ccccc32)cc1. The first-order valence-corrected chi connectivity index (χ1v) is 22.5. The molecule has 0 aliphatic rings. The maximum atomic E-state index is 12.2. The van der Waals surface area contributed by atoms with Crippen LogP contribution in [0.25, 0.3) is 126 Å². The fourth-order valence-corrected chi connectivity index (χ4v) is 11.1. The molecule has 4 heterocycles. The van der Waals surface area contributed by atoms with Gasteiger partial charge in [0.2, 0.25) is 0 Å². The second-order valence-electron chi connectivity index (χ2n) is 17.5. The van der Waals surface area contributed by atoms with Crippen LogP contribution in [0.15, 0.2) is 199 Å². The van der Waals surface area contributed by atoms with Gasteiger partial charge in [0.05, 0.1) is 50.2 Å². The van der Waals surface area contributed by atoms with Crippen LogP contribution in [0.5, 0.6) is 0 Å². The first kappa shape index (κ1) is 37.1. The van der Waals surface area contributed by atoms with Gasteiger partial charge in [0.15, 0.2) is 0 Å². The van der Waals surface area contributed by atoms with Gasteiger partial charge in [-0.3, -0.25) is 0 Å². The molecule has 0 bridgehead atoms. The van der Waals surface area contributed by atoms with E-state index in [1.54, 1.807) is 0 Å². The Morgan fingerprint density at radius 1 is 0.358 bits per heavy atom. The van der Waals surface area contributed by atoms with Gasteiger partial charge in [-0.1, -0.05) is 145 Å². The first-order valence-electron chi connectivity index (χ1n) is 22.5. The van der Waals surface area contributed by atoms with E-state index in [-0.39, 0.29) is 0 Å². The lowest BCUT2D eigenvalue weighted by molar-refractivity contribution is 0.669. The zero-order valence-corrected chi connectivity index (χ0v) is 36.1. The zero-order chi connectivity index (χ0) is 44.5. The van der Waals surface area contributed by atoms with Gasteiger partial charge in [0.1, 0.15) is 34.4 Å². The van der Waals surface area contributed by atoms with Crippen LogP contribution in [-0.2, 0) is 0 Å². The summed E-state index contributed by atoms with van der Waals surface area (Å²) in [5.74, 6) is 0. The molecule has 10 aromatic carbocycles. The summed E-state index contributed by atoms with van der Waals surface area (Å²) in [6.07, 6.45) is 0. The second kappa shape index (κ2) is 13.8. The summed E-state index contributed by atoms with van der Waals surface area (Å²) in [5.41, 5.74) is 12.4. The highest BCUT2D eigenvalue weighted by Crippen LogP contribution is 2.49. The quantitative estimate of drug-likeness (QED) is 0.177. The van der Waals surface area contributed by atoms with Crippen molar-refractivity contribution in [2.45, 2.75) is 6.92 Å². The van der Waals surface area contributed by atoms with E-state index in [0.717, 1.165) is 115 Å². The highest BCUT2D eigenvalue weighted by Gasteiger charge is 2.33. The summed E-state index contributed by atoms with van der Waals surface area (Å²) in [4.78, 5) is 0. The molecule has 0 spiro atoms. The van der Waals surface area contributed by atoms with Gasteiger partial charge in [-0.15, -0.1) is 0 Å². The lowest BCUT2D eigenvalue weighted by Crippen LogP contribution is -2.14. The molecular formula is C61H35N5O. The molecule has 0 atom stereocenters. The van der Waals surface area contributed by atoms with Crippen molar-refractivity contribution >= 4 is 98.1 Å². The fraction of sp³-hybridized carbons (Fsp3) is 0.0164.